The maximum Gasteiger partial charge on any atom is 0.202 e. The van der Waals surface area contributed by atoms with E-state index >= 15 is 0 Å². The second-order valence-corrected chi connectivity index (χ2v) is 3.42. The third-order valence-corrected chi connectivity index (χ3v) is 2.28. The second-order valence-electron chi connectivity index (χ2n) is 2.64. The summed E-state index contributed by atoms with van der Waals surface area (Å²) < 4.78 is 3.89. The topological polar surface area (TPSA) is 37.8 Å². The van der Waals surface area contributed by atoms with Crippen LogP contribution >= 0.6 is 11.5 Å². The predicted octanol–water partition coefficient (Wildman–Crippen LogP) is 2.00. The smallest absolute Gasteiger partial charge is 0.202 e. The molecular formula is C7H13N3S. The van der Waals surface area contributed by atoms with Gasteiger partial charge in [0.05, 0.1) is 0 Å². The fourth-order valence-electron chi connectivity index (χ4n) is 0.657. The average molecular weight is 171 g/mol. The van der Waals surface area contributed by atoms with E-state index in [1.165, 1.54) is 18.0 Å². The molecule has 0 aliphatic carbocycles. The number of nitrogens with one attached hydrogen (secondary N) is 1. The highest BCUT2D eigenvalue weighted by atomic mass is 32.1. The van der Waals surface area contributed by atoms with Crippen LogP contribution in [0.2, 0.25) is 0 Å². The molecule has 1 aromatic heterocycles. The van der Waals surface area contributed by atoms with Crippen molar-refractivity contribution in [2.75, 3.05) is 11.9 Å². The molecule has 0 aliphatic heterocycles. The van der Waals surface area contributed by atoms with Crippen LogP contribution in [-0.2, 0) is 0 Å². The van der Waals surface area contributed by atoms with Crippen molar-refractivity contribution >= 4 is 16.7 Å². The lowest BCUT2D eigenvalue weighted by molar-refractivity contribution is 0.593. The van der Waals surface area contributed by atoms with E-state index in [-0.39, 0.29) is 0 Å². The van der Waals surface area contributed by atoms with E-state index in [1.54, 1.807) is 6.33 Å². The first-order chi connectivity index (χ1) is 5.33. The Morgan fingerprint density at radius 2 is 2.55 bits per heavy atom. The van der Waals surface area contributed by atoms with Crippen LogP contribution in [0.1, 0.15) is 20.3 Å². The molecule has 0 saturated heterocycles. The molecule has 1 atom stereocenters. The average Bonchev–Trinajstić information content (AvgIpc) is 2.52. The van der Waals surface area contributed by atoms with Gasteiger partial charge in [0.2, 0.25) is 5.13 Å². The lowest BCUT2D eigenvalue weighted by Gasteiger charge is -2.07. The Labute approximate surface area is 71.0 Å². The van der Waals surface area contributed by atoms with Crippen molar-refractivity contribution < 1.29 is 0 Å². The van der Waals surface area contributed by atoms with Gasteiger partial charge in [0, 0.05) is 18.1 Å². The summed E-state index contributed by atoms with van der Waals surface area (Å²) >= 11 is 1.40. The monoisotopic (exact) mass is 171 g/mol. The van der Waals surface area contributed by atoms with Crippen LogP contribution in [0.4, 0.5) is 5.13 Å². The van der Waals surface area contributed by atoms with Crippen molar-refractivity contribution in [3.05, 3.63) is 6.33 Å². The van der Waals surface area contributed by atoms with Gasteiger partial charge in [0.25, 0.3) is 0 Å². The van der Waals surface area contributed by atoms with Crippen LogP contribution in [0.15, 0.2) is 6.33 Å². The number of aromatic nitrogens is 2. The van der Waals surface area contributed by atoms with E-state index in [9.17, 15) is 0 Å². The molecule has 0 amide bonds. The fourth-order valence-corrected chi connectivity index (χ4v) is 1.09. The molecule has 1 aromatic rings. The molecule has 0 saturated carbocycles. The highest BCUT2D eigenvalue weighted by Gasteiger charge is 1.99. The van der Waals surface area contributed by atoms with Crippen LogP contribution < -0.4 is 5.32 Å². The van der Waals surface area contributed by atoms with Crippen LogP contribution in [-0.4, -0.2) is 15.9 Å². The van der Waals surface area contributed by atoms with Gasteiger partial charge < -0.3 is 5.32 Å². The number of nitrogens with zero attached hydrogens (tertiary/aromatic N) is 2. The van der Waals surface area contributed by atoms with Crippen molar-refractivity contribution in [3.8, 4) is 0 Å². The molecule has 0 aliphatic rings. The van der Waals surface area contributed by atoms with Gasteiger partial charge in [-0.2, -0.15) is 4.37 Å². The van der Waals surface area contributed by atoms with Gasteiger partial charge in [0.15, 0.2) is 0 Å². The molecule has 0 bridgehead atoms. The summed E-state index contributed by atoms with van der Waals surface area (Å²) in [6.07, 6.45) is 2.77. The second kappa shape index (κ2) is 4.28. The van der Waals surface area contributed by atoms with E-state index in [0.717, 1.165) is 11.7 Å². The van der Waals surface area contributed by atoms with E-state index in [2.05, 4.69) is 28.5 Å². The van der Waals surface area contributed by atoms with Gasteiger partial charge in [-0.15, -0.1) is 0 Å². The van der Waals surface area contributed by atoms with Crippen LogP contribution in [0.5, 0.6) is 0 Å². The van der Waals surface area contributed by atoms with Crippen molar-refractivity contribution in [1.29, 1.82) is 0 Å². The summed E-state index contributed by atoms with van der Waals surface area (Å²) in [5, 5.41) is 4.14. The van der Waals surface area contributed by atoms with Gasteiger partial charge in [-0.05, 0) is 5.92 Å². The lowest BCUT2D eigenvalue weighted by atomic mass is 10.1. The summed E-state index contributed by atoms with van der Waals surface area (Å²) in [5.41, 5.74) is 0. The minimum Gasteiger partial charge on any atom is -0.360 e. The Bertz CT molecular complexity index is 186. The molecule has 62 valence electrons. The van der Waals surface area contributed by atoms with Crippen molar-refractivity contribution in [2.24, 2.45) is 5.92 Å². The van der Waals surface area contributed by atoms with Crippen LogP contribution in [0.25, 0.3) is 0 Å². The number of rotatable bonds is 4. The molecule has 3 nitrogen and oxygen atoms in total. The summed E-state index contributed by atoms with van der Waals surface area (Å²) in [6, 6.07) is 0. The molecule has 0 fully saturated rings. The summed E-state index contributed by atoms with van der Waals surface area (Å²) in [6.45, 7) is 5.40. The molecule has 1 rings (SSSR count). The zero-order valence-electron chi connectivity index (χ0n) is 6.87. The van der Waals surface area contributed by atoms with Crippen molar-refractivity contribution in [1.82, 2.24) is 9.36 Å². The Balaban J connectivity index is 2.23. The molecule has 0 radical (unpaired) electrons. The predicted molar refractivity (Wildman–Crippen MR) is 47.9 cm³/mol. The van der Waals surface area contributed by atoms with Gasteiger partial charge in [-0.25, -0.2) is 4.98 Å². The van der Waals surface area contributed by atoms with Crippen LogP contribution in [0.3, 0.4) is 0 Å². The van der Waals surface area contributed by atoms with E-state index < -0.39 is 0 Å². The van der Waals surface area contributed by atoms with Crippen molar-refractivity contribution in [3.63, 3.8) is 0 Å². The van der Waals surface area contributed by atoms with Gasteiger partial charge in [-0.1, -0.05) is 20.3 Å². The standard InChI is InChI=1S/C7H13N3S/c1-3-6(2)4-8-7-9-5-10-11-7/h5-6H,3-4H2,1-2H3,(H,8,9,10). The molecular weight excluding hydrogens is 158 g/mol. The first-order valence-electron chi connectivity index (χ1n) is 3.83. The molecule has 4 heteroatoms. The van der Waals surface area contributed by atoms with E-state index in [0.29, 0.717) is 5.92 Å². The van der Waals surface area contributed by atoms with Crippen molar-refractivity contribution in [2.45, 2.75) is 20.3 Å². The molecule has 1 heterocycles. The zero-order valence-corrected chi connectivity index (χ0v) is 7.69. The quantitative estimate of drug-likeness (QED) is 0.753. The molecule has 0 spiro atoms. The minimum absolute atomic E-state index is 0.707. The SMILES string of the molecule is CCC(C)CNc1ncns1. The molecule has 0 aromatic carbocycles. The number of hydrogen-bond donors (Lipinski definition) is 1. The third kappa shape index (κ3) is 2.84. The largest absolute Gasteiger partial charge is 0.360 e. The molecule has 1 unspecified atom stereocenters. The Morgan fingerprint density at radius 1 is 1.73 bits per heavy atom. The maximum absolute atomic E-state index is 4.02. The Kier molecular flexibility index (Phi) is 3.29. The van der Waals surface area contributed by atoms with Gasteiger partial charge in [0.1, 0.15) is 6.33 Å². The minimum atomic E-state index is 0.707. The fraction of sp³-hybridized carbons (Fsp3) is 0.714. The highest BCUT2D eigenvalue weighted by Crippen LogP contribution is 2.08. The first-order valence-corrected chi connectivity index (χ1v) is 4.60. The number of hydrogen-bond acceptors (Lipinski definition) is 4. The maximum atomic E-state index is 4.02. The first kappa shape index (κ1) is 8.46. The van der Waals surface area contributed by atoms with E-state index in [1.807, 2.05) is 0 Å². The Morgan fingerprint density at radius 3 is 3.09 bits per heavy atom. The summed E-state index contributed by atoms with van der Waals surface area (Å²) in [4.78, 5) is 4.02. The highest BCUT2D eigenvalue weighted by molar-refractivity contribution is 7.09. The molecule has 11 heavy (non-hydrogen) atoms. The summed E-state index contributed by atoms with van der Waals surface area (Å²) in [7, 11) is 0. The van der Waals surface area contributed by atoms with Gasteiger partial charge >= 0.3 is 0 Å². The summed E-state index contributed by atoms with van der Waals surface area (Å²) in [5.74, 6) is 0.707. The zero-order chi connectivity index (χ0) is 8.10. The lowest BCUT2D eigenvalue weighted by Crippen LogP contribution is -2.09. The van der Waals surface area contributed by atoms with Gasteiger partial charge in [-0.3, -0.25) is 0 Å². The third-order valence-electron chi connectivity index (χ3n) is 1.66. The molecule has 1 N–H and O–H groups in total. The van der Waals surface area contributed by atoms with Crippen LogP contribution in [0, 0.1) is 5.92 Å². The normalized spacial score (nSPS) is 12.9. The van der Waals surface area contributed by atoms with E-state index in [4.69, 9.17) is 0 Å². The number of anilines is 1. The Hall–Kier alpha value is -0.640.